The van der Waals surface area contributed by atoms with Crippen LogP contribution in [0.1, 0.15) is 34.6 Å². The number of hydrogen-bond acceptors (Lipinski definition) is 3. The molecule has 0 aromatic heterocycles. The van der Waals surface area contributed by atoms with Gasteiger partial charge in [0.05, 0.1) is 18.5 Å². The van der Waals surface area contributed by atoms with E-state index < -0.39 is 5.41 Å². The molecule has 0 aliphatic carbocycles. The highest BCUT2D eigenvalue weighted by atomic mass is 19.1. The van der Waals surface area contributed by atoms with Crippen LogP contribution in [-0.4, -0.2) is 44.1 Å². The maximum absolute atomic E-state index is 12.9. The molecule has 1 unspecified atom stereocenters. The van der Waals surface area contributed by atoms with E-state index in [1.807, 2.05) is 34.6 Å². The van der Waals surface area contributed by atoms with E-state index in [0.29, 0.717) is 37.9 Å². The molecule has 1 atom stereocenters. The van der Waals surface area contributed by atoms with Gasteiger partial charge in [-0.2, -0.15) is 0 Å². The zero-order valence-corrected chi connectivity index (χ0v) is 16.4. The number of aliphatic imine (C=N–C) groups is 1. The van der Waals surface area contributed by atoms with E-state index in [0.717, 1.165) is 0 Å². The average Bonchev–Trinajstić information content (AvgIpc) is 2.59. The summed E-state index contributed by atoms with van der Waals surface area (Å²) in [6, 6.07) is 5.93. The molecule has 0 heterocycles. The Morgan fingerprint density at radius 3 is 2.35 bits per heavy atom. The summed E-state index contributed by atoms with van der Waals surface area (Å²) in [6.45, 7) is 11.7. The second-order valence-electron chi connectivity index (χ2n) is 6.70. The SMILES string of the molecule is CCNC(=O)C(C)(C)CN=C(NCC)NCC(C)Oc1ccc(F)cc1. The first-order valence-electron chi connectivity index (χ1n) is 9.01. The minimum Gasteiger partial charge on any atom is -0.489 e. The topological polar surface area (TPSA) is 74.8 Å². The molecule has 0 radical (unpaired) electrons. The molecule has 0 saturated heterocycles. The van der Waals surface area contributed by atoms with Crippen molar-refractivity contribution in [3.63, 3.8) is 0 Å². The highest BCUT2D eigenvalue weighted by Gasteiger charge is 2.26. The van der Waals surface area contributed by atoms with Crippen molar-refractivity contribution in [3.8, 4) is 5.75 Å². The summed E-state index contributed by atoms with van der Waals surface area (Å²) in [6.07, 6.45) is -0.138. The third-order valence-corrected chi connectivity index (χ3v) is 3.64. The third kappa shape index (κ3) is 7.72. The Balaban J connectivity index is 2.58. The Bertz CT molecular complexity index is 588. The second kappa shape index (κ2) is 10.6. The number of nitrogens with zero attached hydrogens (tertiary/aromatic N) is 1. The Labute approximate surface area is 155 Å². The smallest absolute Gasteiger partial charge is 0.227 e. The first-order valence-corrected chi connectivity index (χ1v) is 9.01. The van der Waals surface area contributed by atoms with Gasteiger partial charge in [0.25, 0.3) is 0 Å². The van der Waals surface area contributed by atoms with Crippen LogP contribution >= 0.6 is 0 Å². The number of nitrogens with one attached hydrogen (secondary N) is 3. The zero-order chi connectivity index (χ0) is 19.6. The van der Waals surface area contributed by atoms with E-state index in [1.165, 1.54) is 12.1 Å². The summed E-state index contributed by atoms with van der Waals surface area (Å²) in [5.74, 6) is 0.923. The fraction of sp³-hybridized carbons (Fsp3) is 0.579. The number of halogens is 1. The summed E-state index contributed by atoms with van der Waals surface area (Å²) in [5, 5.41) is 9.19. The predicted octanol–water partition coefficient (Wildman–Crippen LogP) is 2.31. The standard InChI is InChI=1S/C19H31FN4O2/c1-6-21-17(25)19(4,5)13-24-18(22-7-2)23-12-14(3)26-16-10-8-15(20)9-11-16/h8-11,14H,6-7,12-13H2,1-5H3,(H,21,25)(H2,22,23,24). The Hall–Kier alpha value is -2.31. The summed E-state index contributed by atoms with van der Waals surface area (Å²) in [5.41, 5.74) is -0.589. The normalized spacial score (nSPS) is 13.1. The van der Waals surface area contributed by atoms with Crippen LogP contribution in [0.2, 0.25) is 0 Å². The zero-order valence-electron chi connectivity index (χ0n) is 16.4. The lowest BCUT2D eigenvalue weighted by Crippen LogP contribution is -2.44. The maximum Gasteiger partial charge on any atom is 0.227 e. The van der Waals surface area contributed by atoms with Gasteiger partial charge in [0.2, 0.25) is 5.91 Å². The van der Waals surface area contributed by atoms with Gasteiger partial charge in [-0.15, -0.1) is 0 Å². The molecule has 6 nitrogen and oxygen atoms in total. The summed E-state index contributed by atoms with van der Waals surface area (Å²) < 4.78 is 18.7. The number of ether oxygens (including phenoxy) is 1. The number of rotatable bonds is 9. The van der Waals surface area contributed by atoms with Crippen molar-refractivity contribution in [2.24, 2.45) is 10.4 Å². The number of carbonyl (C=O) groups excluding carboxylic acids is 1. The number of carbonyl (C=O) groups is 1. The first kappa shape index (κ1) is 21.7. The van der Waals surface area contributed by atoms with Gasteiger partial charge in [-0.3, -0.25) is 9.79 Å². The monoisotopic (exact) mass is 366 g/mol. The lowest BCUT2D eigenvalue weighted by atomic mass is 9.92. The minimum absolute atomic E-state index is 0.0207. The summed E-state index contributed by atoms with van der Waals surface area (Å²) >= 11 is 0. The maximum atomic E-state index is 12.9. The van der Waals surface area contributed by atoms with Gasteiger partial charge in [0, 0.05) is 13.1 Å². The Kier molecular flexibility index (Phi) is 8.88. The molecule has 1 rings (SSSR count). The van der Waals surface area contributed by atoms with Crippen molar-refractivity contribution in [1.29, 1.82) is 0 Å². The van der Waals surface area contributed by atoms with Crippen LogP contribution in [0.15, 0.2) is 29.3 Å². The van der Waals surface area contributed by atoms with E-state index in [4.69, 9.17) is 4.74 Å². The van der Waals surface area contributed by atoms with Crippen LogP contribution in [0.3, 0.4) is 0 Å². The Morgan fingerprint density at radius 2 is 1.77 bits per heavy atom. The number of benzene rings is 1. The quantitative estimate of drug-likeness (QED) is 0.463. The molecular formula is C19H31FN4O2. The minimum atomic E-state index is -0.589. The van der Waals surface area contributed by atoms with Gasteiger partial charge in [-0.25, -0.2) is 4.39 Å². The molecule has 1 aromatic rings. The highest BCUT2D eigenvalue weighted by Crippen LogP contribution is 2.15. The molecule has 26 heavy (non-hydrogen) atoms. The van der Waals surface area contributed by atoms with Gasteiger partial charge in [-0.1, -0.05) is 0 Å². The van der Waals surface area contributed by atoms with E-state index in [-0.39, 0.29) is 17.8 Å². The van der Waals surface area contributed by atoms with Gasteiger partial charge in [0.15, 0.2) is 5.96 Å². The van der Waals surface area contributed by atoms with Crippen LogP contribution in [0.25, 0.3) is 0 Å². The third-order valence-electron chi connectivity index (χ3n) is 3.64. The Morgan fingerprint density at radius 1 is 1.15 bits per heavy atom. The molecule has 0 aliphatic rings. The number of amides is 1. The van der Waals surface area contributed by atoms with Gasteiger partial charge >= 0.3 is 0 Å². The van der Waals surface area contributed by atoms with Crippen LogP contribution in [0.5, 0.6) is 5.75 Å². The molecule has 146 valence electrons. The van der Waals surface area contributed by atoms with E-state index >= 15 is 0 Å². The van der Waals surface area contributed by atoms with Gasteiger partial charge < -0.3 is 20.7 Å². The molecule has 0 aliphatic heterocycles. The molecule has 0 spiro atoms. The van der Waals surface area contributed by atoms with Gasteiger partial charge in [0.1, 0.15) is 17.7 Å². The lowest BCUT2D eigenvalue weighted by molar-refractivity contribution is -0.128. The molecule has 0 fully saturated rings. The van der Waals surface area contributed by atoms with Crippen LogP contribution in [0, 0.1) is 11.2 Å². The molecule has 7 heteroatoms. The van der Waals surface area contributed by atoms with Crippen molar-refractivity contribution in [2.75, 3.05) is 26.2 Å². The number of hydrogen-bond donors (Lipinski definition) is 3. The number of guanidine groups is 1. The predicted molar refractivity (Wildman–Crippen MR) is 103 cm³/mol. The average molecular weight is 366 g/mol. The largest absolute Gasteiger partial charge is 0.489 e. The molecule has 0 bridgehead atoms. The van der Waals surface area contributed by atoms with Crippen molar-refractivity contribution in [3.05, 3.63) is 30.1 Å². The summed E-state index contributed by atoms with van der Waals surface area (Å²) in [4.78, 5) is 16.6. The fourth-order valence-electron chi connectivity index (χ4n) is 2.12. The lowest BCUT2D eigenvalue weighted by Gasteiger charge is -2.22. The van der Waals surface area contributed by atoms with Gasteiger partial charge in [-0.05, 0) is 58.9 Å². The van der Waals surface area contributed by atoms with Crippen molar-refractivity contribution >= 4 is 11.9 Å². The molecule has 3 N–H and O–H groups in total. The van der Waals surface area contributed by atoms with Crippen LogP contribution in [-0.2, 0) is 4.79 Å². The van der Waals surface area contributed by atoms with E-state index in [1.54, 1.807) is 12.1 Å². The van der Waals surface area contributed by atoms with Crippen molar-refractivity contribution in [2.45, 2.75) is 40.7 Å². The fourth-order valence-corrected chi connectivity index (χ4v) is 2.12. The highest BCUT2D eigenvalue weighted by molar-refractivity contribution is 5.83. The molecule has 1 aromatic carbocycles. The van der Waals surface area contributed by atoms with Crippen LogP contribution < -0.4 is 20.7 Å². The van der Waals surface area contributed by atoms with Crippen LogP contribution in [0.4, 0.5) is 4.39 Å². The molecule has 0 saturated carbocycles. The first-order chi connectivity index (χ1) is 12.3. The van der Waals surface area contributed by atoms with Crippen molar-refractivity contribution in [1.82, 2.24) is 16.0 Å². The summed E-state index contributed by atoms with van der Waals surface area (Å²) in [7, 11) is 0. The van der Waals surface area contributed by atoms with Crippen molar-refractivity contribution < 1.29 is 13.9 Å². The second-order valence-corrected chi connectivity index (χ2v) is 6.70. The van der Waals surface area contributed by atoms with E-state index in [2.05, 4.69) is 20.9 Å². The molecule has 1 amide bonds. The molecular weight excluding hydrogens is 335 g/mol. The van der Waals surface area contributed by atoms with E-state index in [9.17, 15) is 9.18 Å².